The van der Waals surface area contributed by atoms with Gasteiger partial charge in [-0.2, -0.15) is 0 Å². The molecule has 0 aromatic heterocycles. The summed E-state index contributed by atoms with van der Waals surface area (Å²) in [4.78, 5) is 15.0. The van der Waals surface area contributed by atoms with Gasteiger partial charge in [-0.1, -0.05) is 76.4 Å². The van der Waals surface area contributed by atoms with Crippen LogP contribution in [0.2, 0.25) is 22.2 Å². The highest BCUT2D eigenvalue weighted by molar-refractivity contribution is 6.85. The number of benzene rings is 1. The number of carbonyl (C=O) groups is 1. The summed E-state index contributed by atoms with van der Waals surface area (Å²) < 4.78 is 6.42. The Balaban J connectivity index is 2.05. The number of fused-ring (bicyclic) bond motifs is 2. The van der Waals surface area contributed by atoms with Gasteiger partial charge in [0, 0.05) is 19.2 Å². The summed E-state index contributed by atoms with van der Waals surface area (Å²) in [6.07, 6.45) is 0.855. The van der Waals surface area contributed by atoms with Crippen molar-refractivity contribution < 1.29 is 9.53 Å². The highest BCUT2D eigenvalue weighted by Crippen LogP contribution is 2.59. The number of likely N-dealkylation sites (N-methyl/N-ethyl adjacent to an activating group) is 1. The second-order valence-electron chi connectivity index (χ2n) is 8.88. The Labute approximate surface area is 153 Å². The van der Waals surface area contributed by atoms with Gasteiger partial charge in [0.1, 0.15) is 0 Å². The van der Waals surface area contributed by atoms with Crippen molar-refractivity contribution in [2.24, 2.45) is 0 Å². The Morgan fingerprint density at radius 3 is 2.20 bits per heavy atom. The van der Waals surface area contributed by atoms with Gasteiger partial charge in [0.15, 0.2) is 5.60 Å². The van der Waals surface area contributed by atoms with Gasteiger partial charge in [-0.25, -0.2) is 0 Å². The van der Waals surface area contributed by atoms with Crippen LogP contribution in [0.4, 0.5) is 5.69 Å². The third-order valence-corrected chi connectivity index (χ3v) is 14.9. The van der Waals surface area contributed by atoms with Gasteiger partial charge >= 0.3 is 0 Å². The summed E-state index contributed by atoms with van der Waals surface area (Å²) in [6.45, 7) is 15.1. The molecule has 1 saturated heterocycles. The van der Waals surface area contributed by atoms with Gasteiger partial charge in [0.05, 0.1) is 13.8 Å². The fraction of sp³-hybridized carbons (Fsp3) is 0.667. The molecule has 3 rings (SSSR count). The first-order valence-electron chi connectivity index (χ1n) is 9.71. The lowest BCUT2D eigenvalue weighted by Gasteiger charge is -2.47. The average molecular weight is 360 g/mol. The highest BCUT2D eigenvalue weighted by atomic mass is 28.3. The van der Waals surface area contributed by atoms with Crippen molar-refractivity contribution in [1.29, 1.82) is 0 Å². The molecule has 1 spiro atoms. The minimum absolute atomic E-state index is 0.121. The topological polar surface area (TPSA) is 29.5 Å². The molecular formula is C21H33NO2Si. The Morgan fingerprint density at radius 2 is 1.64 bits per heavy atom. The molecule has 1 aromatic rings. The van der Waals surface area contributed by atoms with E-state index < -0.39 is 13.7 Å². The van der Waals surface area contributed by atoms with Crippen LogP contribution in [0.5, 0.6) is 0 Å². The van der Waals surface area contributed by atoms with Gasteiger partial charge < -0.3 is 9.64 Å². The van der Waals surface area contributed by atoms with Crippen molar-refractivity contribution >= 4 is 19.7 Å². The minimum Gasteiger partial charge on any atom is -0.360 e. The molecule has 138 valence electrons. The van der Waals surface area contributed by atoms with E-state index in [1.54, 1.807) is 4.90 Å². The molecule has 0 aliphatic carbocycles. The molecule has 2 aliphatic rings. The van der Waals surface area contributed by atoms with Crippen LogP contribution in [-0.2, 0) is 15.1 Å². The first kappa shape index (κ1) is 18.7. The van der Waals surface area contributed by atoms with Crippen LogP contribution >= 0.6 is 0 Å². The predicted molar refractivity (Wildman–Crippen MR) is 107 cm³/mol. The summed E-state index contributed by atoms with van der Waals surface area (Å²) in [5, 5.41) is 0. The zero-order valence-electron chi connectivity index (χ0n) is 16.8. The average Bonchev–Trinajstić information content (AvgIpc) is 3.06. The van der Waals surface area contributed by atoms with Crippen LogP contribution in [0, 0.1) is 0 Å². The molecule has 2 atom stereocenters. The van der Waals surface area contributed by atoms with Crippen LogP contribution in [0.1, 0.15) is 53.5 Å². The second-order valence-corrected chi connectivity index (χ2v) is 15.2. The summed E-state index contributed by atoms with van der Waals surface area (Å²) in [5.74, 6) is 0.121. The molecule has 0 unspecified atom stereocenters. The highest BCUT2D eigenvalue weighted by Gasteiger charge is 2.61. The third-order valence-electron chi connectivity index (χ3n) is 7.12. The quantitative estimate of drug-likeness (QED) is 0.680. The lowest BCUT2D eigenvalue weighted by molar-refractivity contribution is -0.137. The van der Waals surface area contributed by atoms with Crippen LogP contribution in [0.3, 0.4) is 0 Å². The van der Waals surface area contributed by atoms with E-state index >= 15 is 0 Å². The zero-order valence-corrected chi connectivity index (χ0v) is 17.8. The van der Waals surface area contributed by atoms with Crippen molar-refractivity contribution in [3.05, 3.63) is 29.8 Å². The van der Waals surface area contributed by atoms with Crippen molar-refractivity contribution in [3.8, 4) is 0 Å². The number of hydrogen-bond acceptors (Lipinski definition) is 2. The van der Waals surface area contributed by atoms with E-state index in [1.807, 2.05) is 25.2 Å². The number of carbonyl (C=O) groups excluding carboxylic acids is 1. The molecule has 4 heteroatoms. The van der Waals surface area contributed by atoms with E-state index in [9.17, 15) is 4.79 Å². The third kappa shape index (κ3) is 2.37. The molecular weight excluding hydrogens is 326 g/mol. The molecule has 3 nitrogen and oxygen atoms in total. The number of anilines is 1. The normalized spacial score (nSPS) is 26.6. The van der Waals surface area contributed by atoms with E-state index in [4.69, 9.17) is 4.74 Å². The van der Waals surface area contributed by atoms with E-state index in [1.165, 1.54) is 0 Å². The Bertz CT molecular complexity index is 648. The van der Waals surface area contributed by atoms with Crippen molar-refractivity contribution in [3.63, 3.8) is 0 Å². The predicted octanol–water partition coefficient (Wildman–Crippen LogP) is 5.33. The number of hydrogen-bond donors (Lipinski definition) is 0. The molecule has 1 fully saturated rings. The summed E-state index contributed by atoms with van der Waals surface area (Å²) in [6, 6.07) is 8.16. The van der Waals surface area contributed by atoms with E-state index in [-0.39, 0.29) is 5.91 Å². The molecule has 25 heavy (non-hydrogen) atoms. The Hall–Kier alpha value is -1.13. The van der Waals surface area contributed by atoms with E-state index in [2.05, 4.69) is 47.6 Å². The molecule has 2 heterocycles. The fourth-order valence-corrected chi connectivity index (χ4v) is 14.2. The summed E-state index contributed by atoms with van der Waals surface area (Å²) >= 11 is 0. The fourth-order valence-electron chi connectivity index (χ4n) is 6.38. The summed E-state index contributed by atoms with van der Waals surface area (Å²) in [7, 11) is 0.223. The van der Waals surface area contributed by atoms with Gasteiger partial charge in [0.2, 0.25) is 0 Å². The van der Waals surface area contributed by atoms with E-state index in [0.29, 0.717) is 22.2 Å². The Morgan fingerprint density at radius 1 is 1.08 bits per heavy atom. The van der Waals surface area contributed by atoms with Crippen molar-refractivity contribution in [2.45, 2.75) is 75.7 Å². The minimum atomic E-state index is -1.66. The van der Waals surface area contributed by atoms with Crippen LogP contribution in [0.15, 0.2) is 24.3 Å². The molecule has 0 bridgehead atoms. The van der Waals surface area contributed by atoms with Gasteiger partial charge in [-0.05, 0) is 18.0 Å². The largest absolute Gasteiger partial charge is 0.360 e. The molecule has 0 radical (unpaired) electrons. The second kappa shape index (κ2) is 6.24. The number of ether oxygens (including phenoxy) is 1. The standard InChI is InChI=1S/C21H33NO2Si/c1-14(2)25(15(3)4,16(5)6)17-12-21(24-13-17)18-10-8-9-11-19(18)22(7)20(21)23/h8-11,14-17H,12-13H2,1-7H3/t17-,21+/m1/s1. The van der Waals surface area contributed by atoms with Gasteiger partial charge in [-0.3, -0.25) is 4.79 Å². The van der Waals surface area contributed by atoms with Crippen LogP contribution < -0.4 is 4.90 Å². The maximum atomic E-state index is 13.2. The van der Waals surface area contributed by atoms with Crippen molar-refractivity contribution in [1.82, 2.24) is 0 Å². The van der Waals surface area contributed by atoms with Crippen LogP contribution in [0.25, 0.3) is 0 Å². The Kier molecular flexibility index (Phi) is 4.65. The maximum Gasteiger partial charge on any atom is 0.263 e. The smallest absolute Gasteiger partial charge is 0.263 e. The first-order chi connectivity index (χ1) is 11.7. The molecule has 0 N–H and O–H groups in total. The zero-order chi connectivity index (χ0) is 18.6. The lowest BCUT2D eigenvalue weighted by atomic mass is 9.92. The van der Waals surface area contributed by atoms with Crippen molar-refractivity contribution in [2.75, 3.05) is 18.6 Å². The first-order valence-corrected chi connectivity index (χ1v) is 12.0. The molecule has 1 amide bonds. The van der Waals surface area contributed by atoms with Crippen LogP contribution in [-0.4, -0.2) is 27.6 Å². The van der Waals surface area contributed by atoms with E-state index in [0.717, 1.165) is 24.3 Å². The molecule has 0 saturated carbocycles. The SMILES string of the molecule is CC(C)[Si](C(C)C)(C(C)C)[C@H]1CO[C@]2(C1)C(=O)N(C)c1ccccc12. The number of amides is 1. The van der Waals surface area contributed by atoms with Gasteiger partial charge in [-0.15, -0.1) is 0 Å². The summed E-state index contributed by atoms with van der Waals surface area (Å²) in [5.41, 5.74) is 3.91. The maximum absolute atomic E-state index is 13.2. The molecule has 1 aromatic carbocycles. The molecule has 2 aliphatic heterocycles. The number of nitrogens with zero attached hydrogens (tertiary/aromatic N) is 1. The van der Waals surface area contributed by atoms with Gasteiger partial charge in [0.25, 0.3) is 5.91 Å². The monoisotopic (exact) mass is 359 g/mol. The lowest BCUT2D eigenvalue weighted by Crippen LogP contribution is -2.49. The number of para-hydroxylation sites is 1. The number of rotatable bonds is 4.